The van der Waals surface area contributed by atoms with Crippen molar-refractivity contribution in [3.63, 3.8) is 0 Å². The average Bonchev–Trinajstić information content (AvgIpc) is 2.90. The number of aromatic carboxylic acids is 1. The van der Waals surface area contributed by atoms with E-state index in [1.165, 1.54) is 18.9 Å². The van der Waals surface area contributed by atoms with Gasteiger partial charge in [-0.15, -0.1) is 0 Å². The number of carboxylic acid groups (broad SMARTS) is 1. The minimum atomic E-state index is -1.04. The summed E-state index contributed by atoms with van der Waals surface area (Å²) in [5.74, 6) is 0.356. The van der Waals surface area contributed by atoms with Gasteiger partial charge in [0.25, 0.3) is 0 Å². The highest BCUT2D eigenvalue weighted by molar-refractivity contribution is 5.84. The molecule has 15 heavy (non-hydrogen) atoms. The highest BCUT2D eigenvalue weighted by Crippen LogP contribution is 2.32. The Kier molecular flexibility index (Phi) is 3.06. The molecule has 82 valence electrons. The van der Waals surface area contributed by atoms with E-state index in [9.17, 15) is 4.79 Å². The molecule has 0 amide bonds. The van der Waals surface area contributed by atoms with E-state index in [4.69, 9.17) is 14.3 Å². The smallest absolute Gasteiger partial charge is 0.371 e. The zero-order valence-electron chi connectivity index (χ0n) is 8.44. The summed E-state index contributed by atoms with van der Waals surface area (Å²) in [6.07, 6.45) is 3.76. The van der Waals surface area contributed by atoms with Crippen molar-refractivity contribution in [1.82, 2.24) is 0 Å². The highest BCUT2D eigenvalue weighted by atomic mass is 16.5. The Morgan fingerprint density at radius 2 is 2.33 bits per heavy atom. The second-order valence-corrected chi connectivity index (χ2v) is 3.86. The highest BCUT2D eigenvalue weighted by Gasteiger charge is 2.20. The van der Waals surface area contributed by atoms with Gasteiger partial charge in [-0.1, -0.05) is 12.8 Å². The van der Waals surface area contributed by atoms with Crippen LogP contribution in [0.15, 0.2) is 16.5 Å². The van der Waals surface area contributed by atoms with Gasteiger partial charge in [0.05, 0.1) is 0 Å². The molecule has 0 radical (unpaired) electrons. The SMILES string of the molecule is O=C(O)c1ccc(COCCC2CC2)o1. The zero-order valence-corrected chi connectivity index (χ0v) is 8.44. The van der Waals surface area contributed by atoms with Gasteiger partial charge in [-0.3, -0.25) is 0 Å². The van der Waals surface area contributed by atoms with Crippen molar-refractivity contribution in [2.24, 2.45) is 5.92 Å². The van der Waals surface area contributed by atoms with Gasteiger partial charge in [-0.05, 0) is 24.5 Å². The van der Waals surface area contributed by atoms with Crippen molar-refractivity contribution in [3.05, 3.63) is 23.7 Å². The van der Waals surface area contributed by atoms with Gasteiger partial charge in [-0.2, -0.15) is 0 Å². The van der Waals surface area contributed by atoms with Crippen LogP contribution in [0.3, 0.4) is 0 Å². The first kappa shape index (κ1) is 10.2. The fourth-order valence-corrected chi connectivity index (χ4v) is 1.40. The van der Waals surface area contributed by atoms with E-state index in [1.54, 1.807) is 6.07 Å². The van der Waals surface area contributed by atoms with Crippen molar-refractivity contribution < 1.29 is 19.1 Å². The van der Waals surface area contributed by atoms with Gasteiger partial charge < -0.3 is 14.3 Å². The van der Waals surface area contributed by atoms with Gasteiger partial charge >= 0.3 is 5.97 Å². The summed E-state index contributed by atoms with van der Waals surface area (Å²) in [6, 6.07) is 3.09. The molecule has 0 aromatic carbocycles. The predicted molar refractivity (Wildman–Crippen MR) is 52.7 cm³/mol. The maximum atomic E-state index is 10.5. The van der Waals surface area contributed by atoms with Crippen LogP contribution in [0.25, 0.3) is 0 Å². The number of furan rings is 1. The first-order valence-electron chi connectivity index (χ1n) is 5.15. The minimum Gasteiger partial charge on any atom is -0.475 e. The number of rotatable bonds is 6. The molecule has 1 aliphatic carbocycles. The van der Waals surface area contributed by atoms with Crippen molar-refractivity contribution >= 4 is 5.97 Å². The molecule has 4 heteroatoms. The Labute approximate surface area is 87.8 Å². The first-order chi connectivity index (χ1) is 7.25. The van der Waals surface area contributed by atoms with Crippen molar-refractivity contribution in [3.8, 4) is 0 Å². The van der Waals surface area contributed by atoms with E-state index in [2.05, 4.69) is 0 Å². The largest absolute Gasteiger partial charge is 0.475 e. The summed E-state index contributed by atoms with van der Waals surface area (Å²) in [7, 11) is 0. The van der Waals surface area contributed by atoms with Crippen molar-refractivity contribution in [2.75, 3.05) is 6.61 Å². The average molecular weight is 210 g/mol. The van der Waals surface area contributed by atoms with E-state index >= 15 is 0 Å². The van der Waals surface area contributed by atoms with Crippen LogP contribution in [0.4, 0.5) is 0 Å². The van der Waals surface area contributed by atoms with Gasteiger partial charge in [-0.25, -0.2) is 4.79 Å². The Bertz CT molecular complexity index is 338. The summed E-state index contributed by atoms with van der Waals surface area (Å²) in [5.41, 5.74) is 0. The van der Waals surface area contributed by atoms with Crippen LogP contribution >= 0.6 is 0 Å². The van der Waals surface area contributed by atoms with Crippen LogP contribution in [-0.4, -0.2) is 17.7 Å². The summed E-state index contributed by atoms with van der Waals surface area (Å²) in [6.45, 7) is 1.09. The Balaban J connectivity index is 1.70. The quantitative estimate of drug-likeness (QED) is 0.732. The maximum Gasteiger partial charge on any atom is 0.371 e. The van der Waals surface area contributed by atoms with Crippen LogP contribution in [0, 0.1) is 5.92 Å². The Morgan fingerprint density at radius 1 is 1.53 bits per heavy atom. The molecule has 0 atom stereocenters. The lowest BCUT2D eigenvalue weighted by atomic mass is 10.3. The Hall–Kier alpha value is -1.29. The van der Waals surface area contributed by atoms with Gasteiger partial charge in [0, 0.05) is 6.61 Å². The van der Waals surface area contributed by atoms with Crippen molar-refractivity contribution in [2.45, 2.75) is 25.9 Å². The van der Waals surface area contributed by atoms with Gasteiger partial charge in [0.15, 0.2) is 0 Å². The molecule has 1 saturated carbocycles. The molecule has 0 aliphatic heterocycles. The molecule has 0 saturated heterocycles. The van der Waals surface area contributed by atoms with Crippen LogP contribution in [0.5, 0.6) is 0 Å². The normalized spacial score (nSPS) is 15.5. The summed E-state index contributed by atoms with van der Waals surface area (Å²) < 4.78 is 10.4. The first-order valence-corrected chi connectivity index (χ1v) is 5.15. The molecular formula is C11H14O4. The monoisotopic (exact) mass is 210 g/mol. The number of hydrogen-bond acceptors (Lipinski definition) is 3. The lowest BCUT2D eigenvalue weighted by Crippen LogP contribution is -1.96. The second-order valence-electron chi connectivity index (χ2n) is 3.86. The second kappa shape index (κ2) is 4.49. The van der Waals surface area contributed by atoms with E-state index in [0.29, 0.717) is 12.4 Å². The third kappa shape index (κ3) is 3.09. The van der Waals surface area contributed by atoms with E-state index in [1.807, 2.05) is 0 Å². The van der Waals surface area contributed by atoms with Gasteiger partial charge in [0.2, 0.25) is 5.76 Å². The third-order valence-electron chi connectivity index (χ3n) is 2.48. The van der Waals surface area contributed by atoms with Crippen molar-refractivity contribution in [1.29, 1.82) is 0 Å². The molecule has 0 bridgehead atoms. The van der Waals surface area contributed by atoms with Crippen LogP contribution in [0.2, 0.25) is 0 Å². The maximum absolute atomic E-state index is 10.5. The molecule has 2 rings (SSSR count). The number of ether oxygens (including phenoxy) is 1. The lowest BCUT2D eigenvalue weighted by Gasteiger charge is -2.00. The standard InChI is InChI=1S/C11H14O4/c12-11(13)10-4-3-9(15-10)7-14-6-5-8-1-2-8/h3-4,8H,1-2,5-7H2,(H,12,13). The molecule has 1 N–H and O–H groups in total. The van der Waals surface area contributed by atoms with Crippen LogP contribution in [0.1, 0.15) is 35.6 Å². The zero-order chi connectivity index (χ0) is 10.7. The summed E-state index contributed by atoms with van der Waals surface area (Å²) in [4.78, 5) is 10.5. The van der Waals surface area contributed by atoms with Crippen LogP contribution < -0.4 is 0 Å². The number of hydrogen-bond donors (Lipinski definition) is 1. The predicted octanol–water partition coefficient (Wildman–Crippen LogP) is 2.29. The number of carbonyl (C=O) groups is 1. The third-order valence-corrected chi connectivity index (χ3v) is 2.48. The lowest BCUT2D eigenvalue weighted by molar-refractivity contribution is 0.0645. The van der Waals surface area contributed by atoms with E-state index < -0.39 is 5.97 Å². The molecule has 1 aromatic heterocycles. The molecular weight excluding hydrogens is 196 g/mol. The molecule has 0 spiro atoms. The van der Waals surface area contributed by atoms with Crippen LogP contribution in [-0.2, 0) is 11.3 Å². The summed E-state index contributed by atoms with van der Waals surface area (Å²) >= 11 is 0. The number of carboxylic acids is 1. The minimum absolute atomic E-state index is 0.0317. The topological polar surface area (TPSA) is 59.7 Å². The molecule has 1 aromatic rings. The van der Waals surface area contributed by atoms with E-state index in [-0.39, 0.29) is 5.76 Å². The fourth-order valence-electron chi connectivity index (χ4n) is 1.40. The van der Waals surface area contributed by atoms with Gasteiger partial charge in [0.1, 0.15) is 12.4 Å². The molecule has 1 aliphatic rings. The molecule has 4 nitrogen and oxygen atoms in total. The fraction of sp³-hybridized carbons (Fsp3) is 0.545. The Morgan fingerprint density at radius 3 is 2.93 bits per heavy atom. The van der Waals surface area contributed by atoms with E-state index in [0.717, 1.165) is 18.9 Å². The molecule has 1 fully saturated rings. The molecule has 0 unspecified atom stereocenters. The molecule has 1 heterocycles. The summed E-state index contributed by atoms with van der Waals surface area (Å²) in [5, 5.41) is 8.62.